The van der Waals surface area contributed by atoms with Crippen molar-refractivity contribution in [1.82, 2.24) is 15.0 Å². The summed E-state index contributed by atoms with van der Waals surface area (Å²) in [6, 6.07) is 26.0. The van der Waals surface area contributed by atoms with E-state index in [4.69, 9.17) is 9.39 Å². The fraction of sp³-hybridized carbons (Fsp3) is 0.0909. The largest absolute Gasteiger partial charge is 2.00 e. The minimum atomic E-state index is -0.245. The first kappa shape index (κ1) is 20.2. The summed E-state index contributed by atoms with van der Waals surface area (Å²) >= 11 is 0. The van der Waals surface area contributed by atoms with Crippen LogP contribution in [0.25, 0.3) is 11.3 Å². The van der Waals surface area contributed by atoms with Gasteiger partial charge in [0, 0.05) is 30.4 Å². The Balaban J connectivity index is 0.00000218. The normalized spacial score (nSPS) is 12.2. The zero-order valence-electron chi connectivity index (χ0n) is 16.3. The molecule has 5 rings (SSSR count). The quantitative estimate of drug-likeness (QED) is 0.277. The maximum absolute atomic E-state index is 6.10. The second kappa shape index (κ2) is 8.36. The number of ether oxygens (including phenoxy) is 1. The van der Waals surface area contributed by atoms with Crippen molar-refractivity contribution in [3.05, 3.63) is 79.0 Å². The number of hydrogen-bond donors (Lipinski definition) is 0. The monoisotopic (exact) mass is 575 g/mol. The molecule has 0 atom stereocenters. The average Bonchev–Trinajstić information content (AvgIpc) is 3.32. The second-order valence-corrected chi connectivity index (χ2v) is 6.83. The standard InChI is InChI=1S/C22H17BN4O2.Pt/c1-26-15-20(24-25-26)16-7-5-9-18(13-16)28-19-10-6-8-17(14-19)23-27(2)21-11-3-4-12-22(21)29-23;/h3-12,15H,1-2H3;/q-2;+2. The maximum Gasteiger partial charge on any atom is 2.00 e. The maximum atomic E-state index is 6.10. The molecule has 0 aliphatic carbocycles. The third kappa shape index (κ3) is 3.85. The predicted octanol–water partition coefficient (Wildman–Crippen LogP) is 3.10. The summed E-state index contributed by atoms with van der Waals surface area (Å²) in [5, 5.41) is 8.09. The van der Waals surface area contributed by atoms with Gasteiger partial charge < -0.3 is 14.2 Å². The SMILES string of the molecule is CN1B(c2[c-]c(Oc3[c-]c(-c4cn(C)nn4)ccc3)ccc2)Oc2ccccc21.[Pt+2]. The van der Waals surface area contributed by atoms with Crippen molar-refractivity contribution >= 4 is 18.2 Å². The van der Waals surface area contributed by atoms with Gasteiger partial charge in [-0.2, -0.15) is 17.2 Å². The molecule has 0 spiro atoms. The molecule has 0 unspecified atom stereocenters. The number of aryl methyl sites for hydroxylation is 1. The Bertz CT molecular complexity index is 1180. The van der Waals surface area contributed by atoms with Crippen LogP contribution in [0.2, 0.25) is 0 Å². The van der Waals surface area contributed by atoms with Crippen LogP contribution >= 0.6 is 0 Å². The van der Waals surface area contributed by atoms with E-state index in [-0.39, 0.29) is 28.1 Å². The van der Waals surface area contributed by atoms with Gasteiger partial charge >= 0.3 is 28.1 Å². The van der Waals surface area contributed by atoms with E-state index in [0.29, 0.717) is 11.5 Å². The molecule has 3 aromatic carbocycles. The molecule has 2 heterocycles. The van der Waals surface area contributed by atoms with Gasteiger partial charge in [0.05, 0.1) is 5.69 Å². The van der Waals surface area contributed by atoms with Crippen molar-refractivity contribution in [2.24, 2.45) is 7.05 Å². The summed E-state index contributed by atoms with van der Waals surface area (Å²) in [5.74, 6) is 2.05. The van der Waals surface area contributed by atoms with E-state index in [0.717, 1.165) is 28.2 Å². The Labute approximate surface area is 189 Å². The smallest absolute Gasteiger partial charge is 0.537 e. The third-order valence-corrected chi connectivity index (χ3v) is 4.76. The Morgan fingerprint density at radius 2 is 1.70 bits per heavy atom. The van der Waals surface area contributed by atoms with Crippen molar-refractivity contribution < 1.29 is 30.5 Å². The van der Waals surface area contributed by atoms with Crippen LogP contribution in [0.1, 0.15) is 0 Å². The van der Waals surface area contributed by atoms with Crippen LogP contribution in [-0.4, -0.2) is 29.1 Å². The Kier molecular flexibility index (Phi) is 5.64. The summed E-state index contributed by atoms with van der Waals surface area (Å²) in [6.45, 7) is 0. The van der Waals surface area contributed by atoms with Gasteiger partial charge in [0.15, 0.2) is 0 Å². The molecule has 1 aliphatic rings. The Morgan fingerprint density at radius 1 is 0.933 bits per heavy atom. The van der Waals surface area contributed by atoms with Crippen molar-refractivity contribution in [1.29, 1.82) is 0 Å². The molecular formula is C22H17BN4O2Pt. The van der Waals surface area contributed by atoms with Crippen LogP contribution < -0.4 is 19.7 Å². The van der Waals surface area contributed by atoms with Crippen LogP contribution in [0.5, 0.6) is 17.2 Å². The van der Waals surface area contributed by atoms with Gasteiger partial charge in [0.25, 0.3) is 0 Å². The first-order valence-corrected chi connectivity index (χ1v) is 9.25. The molecule has 0 radical (unpaired) electrons. The predicted molar refractivity (Wildman–Crippen MR) is 111 cm³/mol. The molecule has 1 aromatic heterocycles. The zero-order valence-corrected chi connectivity index (χ0v) is 18.6. The van der Waals surface area contributed by atoms with Gasteiger partial charge in [-0.15, -0.1) is 41.4 Å². The van der Waals surface area contributed by atoms with E-state index in [1.54, 1.807) is 4.68 Å². The summed E-state index contributed by atoms with van der Waals surface area (Å²) in [7, 11) is 3.60. The molecule has 30 heavy (non-hydrogen) atoms. The number of rotatable bonds is 4. The number of fused-ring (bicyclic) bond motifs is 1. The molecule has 0 N–H and O–H groups in total. The van der Waals surface area contributed by atoms with Gasteiger partial charge in [-0.1, -0.05) is 23.4 Å². The molecule has 8 heteroatoms. The molecule has 4 aromatic rings. The summed E-state index contributed by atoms with van der Waals surface area (Å²) in [4.78, 5) is 2.09. The van der Waals surface area contributed by atoms with Crippen LogP contribution in [0.4, 0.5) is 5.69 Å². The molecule has 150 valence electrons. The van der Waals surface area contributed by atoms with Crippen molar-refractivity contribution in [3.8, 4) is 28.5 Å². The third-order valence-electron chi connectivity index (χ3n) is 4.76. The molecule has 1 aliphatic heterocycles. The van der Waals surface area contributed by atoms with Crippen molar-refractivity contribution in [2.45, 2.75) is 0 Å². The van der Waals surface area contributed by atoms with Crippen molar-refractivity contribution in [2.75, 3.05) is 11.9 Å². The number of nitrogens with zero attached hydrogens (tertiary/aromatic N) is 4. The molecule has 0 fully saturated rings. The minimum absolute atomic E-state index is 0. The van der Waals surface area contributed by atoms with Crippen LogP contribution in [0.3, 0.4) is 0 Å². The van der Waals surface area contributed by atoms with E-state index in [1.165, 1.54) is 0 Å². The summed E-state index contributed by atoms with van der Waals surface area (Å²) < 4.78 is 13.8. The van der Waals surface area contributed by atoms with Gasteiger partial charge in [-0.3, -0.25) is 4.68 Å². The molecule has 0 saturated carbocycles. The van der Waals surface area contributed by atoms with Crippen LogP contribution in [0.15, 0.2) is 66.9 Å². The number of anilines is 1. The van der Waals surface area contributed by atoms with E-state index in [2.05, 4.69) is 27.3 Å². The second-order valence-electron chi connectivity index (χ2n) is 6.83. The fourth-order valence-corrected chi connectivity index (χ4v) is 3.36. The van der Waals surface area contributed by atoms with Gasteiger partial charge in [-0.05, 0) is 19.2 Å². The topological polar surface area (TPSA) is 52.4 Å². The molecule has 0 saturated heterocycles. The molecule has 6 nitrogen and oxygen atoms in total. The van der Waals surface area contributed by atoms with Gasteiger partial charge in [0.2, 0.25) is 0 Å². The Hall–Kier alpha value is -3.05. The number of para-hydroxylation sites is 2. The van der Waals surface area contributed by atoms with E-state index in [1.807, 2.05) is 81.0 Å². The summed E-state index contributed by atoms with van der Waals surface area (Å²) in [5.41, 5.74) is 3.52. The van der Waals surface area contributed by atoms with Crippen LogP contribution in [0, 0.1) is 12.1 Å². The van der Waals surface area contributed by atoms with Crippen LogP contribution in [-0.2, 0) is 28.1 Å². The number of hydrogen-bond acceptors (Lipinski definition) is 5. The van der Waals surface area contributed by atoms with Crippen molar-refractivity contribution in [3.63, 3.8) is 0 Å². The minimum Gasteiger partial charge on any atom is -0.537 e. The van der Waals surface area contributed by atoms with E-state index in [9.17, 15) is 0 Å². The fourth-order valence-electron chi connectivity index (χ4n) is 3.36. The number of benzene rings is 3. The first-order valence-electron chi connectivity index (χ1n) is 9.25. The van der Waals surface area contributed by atoms with E-state index >= 15 is 0 Å². The molecule has 0 bridgehead atoms. The number of aromatic nitrogens is 3. The van der Waals surface area contributed by atoms with Gasteiger partial charge in [0.1, 0.15) is 5.75 Å². The van der Waals surface area contributed by atoms with E-state index < -0.39 is 0 Å². The zero-order chi connectivity index (χ0) is 19.8. The average molecular weight is 575 g/mol. The molecule has 0 amide bonds. The summed E-state index contributed by atoms with van der Waals surface area (Å²) in [6.07, 6.45) is 1.84. The first-order chi connectivity index (χ1) is 14.2. The van der Waals surface area contributed by atoms with Gasteiger partial charge in [-0.25, -0.2) is 0 Å². The molecular weight excluding hydrogens is 558 g/mol. The Morgan fingerprint density at radius 3 is 2.47 bits per heavy atom.